The Balaban J connectivity index is 1.70. The molecule has 1 aliphatic rings. The van der Waals surface area contributed by atoms with E-state index in [1.165, 1.54) is 61.7 Å². The van der Waals surface area contributed by atoms with Gasteiger partial charge in [-0.3, -0.25) is 24.6 Å². The highest BCUT2D eigenvalue weighted by Crippen LogP contribution is 2.28. The summed E-state index contributed by atoms with van der Waals surface area (Å²) in [5.41, 5.74) is 2.34. The summed E-state index contributed by atoms with van der Waals surface area (Å²) in [6.07, 6.45) is -0.398. The highest BCUT2D eigenvalue weighted by molar-refractivity contribution is 6.31. The first-order valence-electron chi connectivity index (χ1n) is 10.5. The van der Waals surface area contributed by atoms with Crippen molar-refractivity contribution in [2.75, 3.05) is 12.0 Å². The highest BCUT2D eigenvalue weighted by atomic mass is 35.5. The Morgan fingerprint density at radius 2 is 1.77 bits per heavy atom. The fourth-order valence-corrected chi connectivity index (χ4v) is 3.85. The molecule has 1 saturated heterocycles. The number of methoxy groups -OCH3 is 1. The Kier molecular flexibility index (Phi) is 6.79. The average Bonchev–Trinajstić information content (AvgIpc) is 3.15. The maximum Gasteiger partial charge on any atom is 0.273 e. The summed E-state index contributed by atoms with van der Waals surface area (Å²) in [4.78, 5) is 53.3. The average molecular weight is 496 g/mol. The fraction of sp³-hybridized carbons (Fsp3) is 0.120. The van der Waals surface area contributed by atoms with E-state index in [9.17, 15) is 23.6 Å². The molecule has 1 atom stereocenters. The summed E-state index contributed by atoms with van der Waals surface area (Å²) < 4.78 is 19.3. The summed E-state index contributed by atoms with van der Waals surface area (Å²) in [5, 5.41) is 1.08. The van der Waals surface area contributed by atoms with E-state index < -0.39 is 41.9 Å². The maximum absolute atomic E-state index is 14.2. The van der Waals surface area contributed by atoms with Crippen LogP contribution >= 0.6 is 11.6 Å². The van der Waals surface area contributed by atoms with Crippen LogP contribution in [-0.4, -0.2) is 41.8 Å². The van der Waals surface area contributed by atoms with Crippen molar-refractivity contribution in [3.63, 3.8) is 0 Å². The summed E-state index contributed by atoms with van der Waals surface area (Å²) >= 11 is 6.01. The van der Waals surface area contributed by atoms with Gasteiger partial charge in [0.15, 0.2) is 0 Å². The van der Waals surface area contributed by atoms with Crippen LogP contribution < -0.4 is 15.1 Å². The van der Waals surface area contributed by atoms with Crippen molar-refractivity contribution >= 4 is 40.9 Å². The number of carbonyl (C=O) groups excluding carboxylic acids is 4. The molecule has 0 radical (unpaired) electrons. The van der Waals surface area contributed by atoms with Gasteiger partial charge in [0.2, 0.25) is 5.91 Å². The lowest BCUT2D eigenvalue weighted by atomic mass is 10.1. The van der Waals surface area contributed by atoms with Crippen LogP contribution in [0.15, 0.2) is 72.8 Å². The van der Waals surface area contributed by atoms with Gasteiger partial charge in [0, 0.05) is 10.6 Å². The van der Waals surface area contributed by atoms with Crippen LogP contribution in [0.4, 0.5) is 10.1 Å². The monoisotopic (exact) mass is 495 g/mol. The van der Waals surface area contributed by atoms with Gasteiger partial charge in [0.05, 0.1) is 24.8 Å². The number of ether oxygens (including phenoxy) is 1. The second-order valence-corrected chi connectivity index (χ2v) is 8.03. The van der Waals surface area contributed by atoms with E-state index in [4.69, 9.17) is 16.3 Å². The number of amides is 4. The smallest absolute Gasteiger partial charge is 0.273 e. The molecule has 3 aromatic rings. The zero-order valence-corrected chi connectivity index (χ0v) is 19.2. The van der Waals surface area contributed by atoms with E-state index in [1.54, 1.807) is 12.1 Å². The third kappa shape index (κ3) is 4.85. The summed E-state index contributed by atoms with van der Waals surface area (Å²) in [5.74, 6) is -3.37. The largest absolute Gasteiger partial charge is 0.497 e. The van der Waals surface area contributed by atoms with Crippen molar-refractivity contribution < 1.29 is 28.3 Å². The Morgan fingerprint density at radius 3 is 2.43 bits per heavy atom. The van der Waals surface area contributed by atoms with E-state index in [0.29, 0.717) is 10.8 Å². The van der Waals surface area contributed by atoms with Crippen molar-refractivity contribution in [1.29, 1.82) is 0 Å². The van der Waals surface area contributed by atoms with Crippen molar-refractivity contribution in [2.24, 2.45) is 0 Å². The van der Waals surface area contributed by atoms with Crippen molar-refractivity contribution in [3.05, 3.63) is 94.8 Å². The summed E-state index contributed by atoms with van der Waals surface area (Å²) in [7, 11) is 1.46. The number of rotatable bonds is 5. The van der Waals surface area contributed by atoms with Crippen molar-refractivity contribution in [3.8, 4) is 5.75 Å². The minimum atomic E-state index is -1.37. The molecule has 0 spiro atoms. The van der Waals surface area contributed by atoms with E-state index in [1.807, 2.05) is 0 Å². The summed E-state index contributed by atoms with van der Waals surface area (Å²) in [6, 6.07) is 15.9. The van der Waals surface area contributed by atoms with Crippen molar-refractivity contribution in [1.82, 2.24) is 10.4 Å². The molecule has 8 nitrogen and oxygen atoms in total. The minimum absolute atomic E-state index is 0.112. The molecule has 178 valence electrons. The molecule has 10 heteroatoms. The predicted octanol–water partition coefficient (Wildman–Crippen LogP) is 3.61. The molecular formula is C25H19ClFN3O5. The molecule has 0 saturated carbocycles. The van der Waals surface area contributed by atoms with Gasteiger partial charge in [-0.25, -0.2) is 14.3 Å². The normalized spacial score (nSPS) is 15.2. The highest BCUT2D eigenvalue weighted by Gasteiger charge is 2.45. The molecule has 1 unspecified atom stereocenters. The van der Waals surface area contributed by atoms with Gasteiger partial charge in [-0.15, -0.1) is 0 Å². The minimum Gasteiger partial charge on any atom is -0.497 e. The Bertz CT molecular complexity index is 1310. The predicted molar refractivity (Wildman–Crippen MR) is 125 cm³/mol. The molecular weight excluding hydrogens is 477 g/mol. The molecule has 4 amide bonds. The molecule has 0 bridgehead atoms. The van der Waals surface area contributed by atoms with Crippen LogP contribution in [0.25, 0.3) is 0 Å². The topological polar surface area (TPSA) is 96.0 Å². The molecule has 0 aromatic heterocycles. The number of hydrogen-bond donors (Lipinski definition) is 1. The number of carbonyl (C=O) groups is 4. The number of halogens is 2. The van der Waals surface area contributed by atoms with E-state index in [2.05, 4.69) is 5.43 Å². The molecule has 4 rings (SSSR count). The van der Waals surface area contributed by atoms with Crippen LogP contribution in [0.5, 0.6) is 5.75 Å². The van der Waals surface area contributed by atoms with E-state index in [0.717, 1.165) is 16.0 Å². The van der Waals surface area contributed by atoms with Gasteiger partial charge in [-0.1, -0.05) is 29.8 Å². The number of anilines is 1. The zero-order chi connectivity index (χ0) is 25.1. The first-order chi connectivity index (χ1) is 16.8. The van der Waals surface area contributed by atoms with Crippen LogP contribution in [0.1, 0.15) is 27.1 Å². The number of benzene rings is 3. The van der Waals surface area contributed by atoms with Gasteiger partial charge >= 0.3 is 0 Å². The van der Waals surface area contributed by atoms with E-state index in [-0.39, 0.29) is 16.8 Å². The Labute approximate surface area is 204 Å². The first-order valence-corrected chi connectivity index (χ1v) is 10.8. The van der Waals surface area contributed by atoms with E-state index >= 15 is 0 Å². The van der Waals surface area contributed by atoms with Gasteiger partial charge < -0.3 is 4.74 Å². The number of hydrogen-bond acceptors (Lipinski definition) is 5. The lowest BCUT2D eigenvalue weighted by Crippen LogP contribution is -2.54. The molecule has 0 aliphatic carbocycles. The number of imide groups is 1. The van der Waals surface area contributed by atoms with Gasteiger partial charge in [-0.2, -0.15) is 0 Å². The fourth-order valence-electron chi connectivity index (χ4n) is 3.66. The third-order valence-corrected chi connectivity index (χ3v) is 5.63. The van der Waals surface area contributed by atoms with Crippen molar-refractivity contribution in [2.45, 2.75) is 12.5 Å². The Morgan fingerprint density at radius 1 is 1.06 bits per heavy atom. The van der Waals surface area contributed by atoms with Gasteiger partial charge in [0.25, 0.3) is 17.7 Å². The molecule has 1 N–H and O–H groups in total. The molecule has 3 aromatic carbocycles. The third-order valence-electron chi connectivity index (χ3n) is 5.40. The Hall–Kier alpha value is -4.24. The molecule has 1 fully saturated rings. The molecule has 35 heavy (non-hydrogen) atoms. The lowest BCUT2D eigenvalue weighted by Gasteiger charge is -2.28. The second kappa shape index (κ2) is 9.94. The van der Waals surface area contributed by atoms with Crippen LogP contribution in [0, 0.1) is 5.82 Å². The van der Waals surface area contributed by atoms with Gasteiger partial charge in [0.1, 0.15) is 17.6 Å². The lowest BCUT2D eigenvalue weighted by molar-refractivity contribution is -0.122. The second-order valence-electron chi connectivity index (χ2n) is 7.59. The zero-order valence-electron chi connectivity index (χ0n) is 18.4. The molecule has 1 aliphatic heterocycles. The van der Waals surface area contributed by atoms with Gasteiger partial charge in [-0.05, 0) is 54.6 Å². The standard InChI is InChI=1S/C25H19ClFN3O5/c1-35-18-11-9-15(10-12-18)24(33)30(28-23(32)19-7-2-3-8-20(19)27)21-14-22(31)29(25(21)34)17-6-4-5-16(26)13-17/h2-13,21H,14H2,1H3,(H,28,32). The number of nitrogens with zero attached hydrogens (tertiary/aromatic N) is 2. The number of hydrazine groups is 1. The maximum atomic E-state index is 14.2. The SMILES string of the molecule is COc1ccc(C(=O)N(NC(=O)c2ccccc2F)C2CC(=O)N(c3cccc(Cl)c3)C2=O)cc1. The quantitative estimate of drug-likeness (QED) is 0.431. The van der Waals surface area contributed by atoms with Crippen LogP contribution in [0.3, 0.4) is 0 Å². The first kappa shape index (κ1) is 23.9. The number of nitrogens with one attached hydrogen (secondary N) is 1. The molecule has 1 heterocycles. The van der Waals surface area contributed by atoms with Crippen LogP contribution in [-0.2, 0) is 9.59 Å². The summed E-state index contributed by atoms with van der Waals surface area (Å²) in [6.45, 7) is 0. The van der Waals surface area contributed by atoms with Crippen LogP contribution in [0.2, 0.25) is 5.02 Å².